The van der Waals surface area contributed by atoms with Gasteiger partial charge >= 0.3 is 0 Å². The van der Waals surface area contributed by atoms with Gasteiger partial charge in [0.05, 0.1) is 25.3 Å². The number of ether oxygens (including phenoxy) is 1. The predicted octanol–water partition coefficient (Wildman–Crippen LogP) is 0.471. The monoisotopic (exact) mass is 388 g/mol. The first kappa shape index (κ1) is 20.0. The van der Waals surface area contributed by atoms with Crippen molar-refractivity contribution < 1.29 is 19.1 Å². The second kappa shape index (κ2) is 8.95. The quantitative estimate of drug-likeness (QED) is 0.793. The summed E-state index contributed by atoms with van der Waals surface area (Å²) in [7, 11) is 3.13. The number of carbonyl (C=O) groups excluding carboxylic acids is 3. The molecular formula is C20H28N4O4. The van der Waals surface area contributed by atoms with E-state index in [4.69, 9.17) is 4.74 Å². The minimum absolute atomic E-state index is 0.00252. The zero-order chi connectivity index (χ0) is 20.1. The van der Waals surface area contributed by atoms with Gasteiger partial charge in [0.25, 0.3) is 5.91 Å². The Bertz CT molecular complexity index is 733. The minimum atomic E-state index is -0.634. The van der Waals surface area contributed by atoms with E-state index in [0.29, 0.717) is 12.3 Å². The first-order valence-corrected chi connectivity index (χ1v) is 9.73. The van der Waals surface area contributed by atoms with Gasteiger partial charge in [-0.05, 0) is 31.4 Å². The summed E-state index contributed by atoms with van der Waals surface area (Å²) >= 11 is 0. The Balaban J connectivity index is 1.73. The summed E-state index contributed by atoms with van der Waals surface area (Å²) in [5.74, 6) is 0.164. The first-order valence-electron chi connectivity index (χ1n) is 9.73. The standard InChI is InChI=1S/C20H28N4O4/c1-21-18(25)13-22(2)19(26)14-24-12-17(20(27)23-10-6-3-7-11-23)28-16-9-5-4-8-15(16)24/h4-5,8-9,17H,3,6-7,10-14H2,1-2H3,(H,21,25)/t17-/m0/s1. The molecular weight excluding hydrogens is 360 g/mol. The number of likely N-dealkylation sites (N-methyl/N-ethyl adjacent to an activating group) is 2. The van der Waals surface area contributed by atoms with Gasteiger partial charge in [-0.1, -0.05) is 12.1 Å². The van der Waals surface area contributed by atoms with Crippen molar-refractivity contribution >= 4 is 23.4 Å². The smallest absolute Gasteiger partial charge is 0.265 e. The fraction of sp³-hybridized carbons (Fsp3) is 0.550. The molecule has 1 atom stereocenters. The van der Waals surface area contributed by atoms with Crippen LogP contribution in [0.3, 0.4) is 0 Å². The van der Waals surface area contributed by atoms with Crippen LogP contribution in [0.4, 0.5) is 5.69 Å². The SMILES string of the molecule is CNC(=O)CN(C)C(=O)CN1C[C@@H](C(=O)N2CCCCC2)Oc2ccccc21. The Hall–Kier alpha value is -2.77. The van der Waals surface area contributed by atoms with Crippen LogP contribution >= 0.6 is 0 Å². The number of fused-ring (bicyclic) bond motifs is 1. The first-order chi connectivity index (χ1) is 13.5. The van der Waals surface area contributed by atoms with Gasteiger partial charge in [0.15, 0.2) is 6.10 Å². The lowest BCUT2D eigenvalue weighted by Crippen LogP contribution is -2.53. The third-order valence-corrected chi connectivity index (χ3v) is 5.22. The zero-order valence-corrected chi connectivity index (χ0v) is 16.5. The summed E-state index contributed by atoms with van der Waals surface area (Å²) < 4.78 is 5.98. The molecule has 2 aliphatic heterocycles. The normalized spacial score (nSPS) is 18.7. The number of hydrogen-bond acceptors (Lipinski definition) is 5. The third kappa shape index (κ3) is 4.55. The van der Waals surface area contributed by atoms with Crippen LogP contribution in [0.2, 0.25) is 0 Å². The number of nitrogens with one attached hydrogen (secondary N) is 1. The Morgan fingerprint density at radius 1 is 1.18 bits per heavy atom. The number of nitrogens with zero attached hydrogens (tertiary/aromatic N) is 3. The van der Waals surface area contributed by atoms with Crippen LogP contribution in [0.25, 0.3) is 0 Å². The second-order valence-electron chi connectivity index (χ2n) is 7.26. The van der Waals surface area contributed by atoms with E-state index in [9.17, 15) is 14.4 Å². The number of anilines is 1. The van der Waals surface area contributed by atoms with E-state index >= 15 is 0 Å². The van der Waals surface area contributed by atoms with Crippen molar-refractivity contribution in [3.63, 3.8) is 0 Å². The van der Waals surface area contributed by atoms with Gasteiger partial charge < -0.3 is 24.8 Å². The molecule has 1 N–H and O–H groups in total. The minimum Gasteiger partial charge on any atom is -0.477 e. The van der Waals surface area contributed by atoms with Crippen molar-refractivity contribution in [3.8, 4) is 5.75 Å². The van der Waals surface area contributed by atoms with E-state index in [1.54, 1.807) is 7.05 Å². The van der Waals surface area contributed by atoms with Crippen molar-refractivity contribution in [1.29, 1.82) is 0 Å². The number of hydrogen-bond donors (Lipinski definition) is 1. The Morgan fingerprint density at radius 2 is 1.89 bits per heavy atom. The molecule has 3 rings (SSSR count). The number of rotatable bonds is 5. The highest BCUT2D eigenvalue weighted by molar-refractivity contribution is 5.88. The van der Waals surface area contributed by atoms with Crippen molar-refractivity contribution in [2.45, 2.75) is 25.4 Å². The van der Waals surface area contributed by atoms with Crippen LogP contribution in [0, 0.1) is 0 Å². The zero-order valence-electron chi connectivity index (χ0n) is 16.5. The van der Waals surface area contributed by atoms with Crippen molar-refractivity contribution in [1.82, 2.24) is 15.1 Å². The van der Waals surface area contributed by atoms with Gasteiger partial charge in [0.1, 0.15) is 5.75 Å². The van der Waals surface area contributed by atoms with Gasteiger partial charge in [0, 0.05) is 27.2 Å². The average molecular weight is 388 g/mol. The predicted molar refractivity (Wildman–Crippen MR) is 105 cm³/mol. The summed E-state index contributed by atoms with van der Waals surface area (Å²) in [6, 6.07) is 7.42. The molecule has 3 amide bonds. The Kier molecular flexibility index (Phi) is 6.38. The maximum absolute atomic E-state index is 12.9. The topological polar surface area (TPSA) is 82.2 Å². The third-order valence-electron chi connectivity index (χ3n) is 5.22. The van der Waals surface area contributed by atoms with E-state index in [1.807, 2.05) is 34.1 Å². The molecule has 0 aromatic heterocycles. The lowest BCUT2D eigenvalue weighted by Gasteiger charge is -2.38. The number of benzene rings is 1. The molecule has 0 spiro atoms. The number of para-hydroxylation sites is 2. The average Bonchev–Trinajstić information content (AvgIpc) is 2.73. The highest BCUT2D eigenvalue weighted by Gasteiger charge is 2.34. The molecule has 1 aromatic carbocycles. The van der Waals surface area contributed by atoms with E-state index < -0.39 is 6.10 Å². The molecule has 0 bridgehead atoms. The fourth-order valence-corrected chi connectivity index (χ4v) is 3.57. The summed E-state index contributed by atoms with van der Waals surface area (Å²) in [5, 5.41) is 2.51. The van der Waals surface area contributed by atoms with Crippen LogP contribution in [-0.2, 0) is 14.4 Å². The summed E-state index contributed by atoms with van der Waals surface area (Å²) in [5.41, 5.74) is 0.784. The van der Waals surface area contributed by atoms with Gasteiger partial charge in [-0.15, -0.1) is 0 Å². The van der Waals surface area contributed by atoms with Gasteiger partial charge in [-0.3, -0.25) is 14.4 Å². The molecule has 8 heteroatoms. The maximum Gasteiger partial charge on any atom is 0.265 e. The van der Waals surface area contributed by atoms with Crippen LogP contribution < -0.4 is 15.0 Å². The van der Waals surface area contributed by atoms with Crippen LogP contribution in [0.1, 0.15) is 19.3 Å². The number of likely N-dealkylation sites (tertiary alicyclic amines) is 1. The number of amides is 3. The van der Waals surface area contributed by atoms with E-state index in [-0.39, 0.29) is 30.8 Å². The van der Waals surface area contributed by atoms with Gasteiger partial charge in [-0.2, -0.15) is 0 Å². The number of carbonyl (C=O) groups is 3. The van der Waals surface area contributed by atoms with Crippen molar-refractivity contribution in [2.24, 2.45) is 0 Å². The number of piperidine rings is 1. The molecule has 152 valence electrons. The van der Waals surface area contributed by atoms with Crippen LogP contribution in [-0.4, -0.2) is 80.4 Å². The Labute approximate surface area is 165 Å². The molecule has 0 radical (unpaired) electrons. The molecule has 0 saturated carbocycles. The van der Waals surface area contributed by atoms with Gasteiger partial charge in [-0.25, -0.2) is 0 Å². The molecule has 2 aliphatic rings. The highest BCUT2D eigenvalue weighted by Crippen LogP contribution is 2.33. The van der Waals surface area contributed by atoms with Crippen LogP contribution in [0.15, 0.2) is 24.3 Å². The maximum atomic E-state index is 12.9. The van der Waals surface area contributed by atoms with Crippen molar-refractivity contribution in [2.75, 3.05) is 51.7 Å². The molecule has 0 unspecified atom stereocenters. The molecule has 0 aliphatic carbocycles. The Morgan fingerprint density at radius 3 is 2.61 bits per heavy atom. The summed E-state index contributed by atoms with van der Waals surface area (Å²) in [4.78, 5) is 42.2. The highest BCUT2D eigenvalue weighted by atomic mass is 16.5. The van der Waals surface area contributed by atoms with E-state index in [1.165, 1.54) is 11.9 Å². The summed E-state index contributed by atoms with van der Waals surface area (Å²) in [6.07, 6.45) is 2.55. The van der Waals surface area contributed by atoms with Gasteiger partial charge in [0.2, 0.25) is 11.8 Å². The lowest BCUT2D eigenvalue weighted by molar-refractivity contribution is -0.140. The lowest BCUT2D eigenvalue weighted by atomic mass is 10.1. The largest absolute Gasteiger partial charge is 0.477 e. The molecule has 1 aromatic rings. The molecule has 1 fully saturated rings. The molecule has 28 heavy (non-hydrogen) atoms. The summed E-state index contributed by atoms with van der Waals surface area (Å²) in [6.45, 7) is 1.91. The second-order valence-corrected chi connectivity index (χ2v) is 7.26. The fourth-order valence-electron chi connectivity index (χ4n) is 3.57. The molecule has 2 heterocycles. The van der Waals surface area contributed by atoms with E-state index in [2.05, 4.69) is 5.32 Å². The van der Waals surface area contributed by atoms with E-state index in [0.717, 1.165) is 38.0 Å². The van der Waals surface area contributed by atoms with Crippen molar-refractivity contribution in [3.05, 3.63) is 24.3 Å². The van der Waals surface area contributed by atoms with Crippen LogP contribution in [0.5, 0.6) is 5.75 Å². The molecule has 8 nitrogen and oxygen atoms in total. The molecule has 1 saturated heterocycles.